The van der Waals surface area contributed by atoms with E-state index >= 15 is 0 Å². The van der Waals surface area contributed by atoms with Gasteiger partial charge in [0.05, 0.1) is 0 Å². The van der Waals surface area contributed by atoms with Crippen molar-refractivity contribution in [2.75, 3.05) is 13.1 Å². The van der Waals surface area contributed by atoms with Crippen LogP contribution in [0.15, 0.2) is 12.7 Å². The summed E-state index contributed by atoms with van der Waals surface area (Å²) < 4.78 is 0. The van der Waals surface area contributed by atoms with Crippen LogP contribution in [-0.4, -0.2) is 18.6 Å². The first-order valence-electron chi connectivity index (χ1n) is 7.55. The molecular formula is C16H32N2. The minimum Gasteiger partial charge on any atom is -0.329 e. The summed E-state index contributed by atoms with van der Waals surface area (Å²) in [5.41, 5.74) is 6.70. The van der Waals surface area contributed by atoms with Crippen molar-refractivity contribution in [3.8, 4) is 0 Å². The molecule has 0 atom stereocenters. The van der Waals surface area contributed by atoms with E-state index in [2.05, 4.69) is 32.7 Å². The van der Waals surface area contributed by atoms with Gasteiger partial charge in [-0.1, -0.05) is 33.3 Å². The second kappa shape index (κ2) is 6.72. The fourth-order valence-electron chi connectivity index (χ4n) is 3.13. The predicted octanol–water partition coefficient (Wildman–Crippen LogP) is 3.48. The summed E-state index contributed by atoms with van der Waals surface area (Å²) in [5, 5.41) is 3.68. The molecule has 18 heavy (non-hydrogen) atoms. The Balaban J connectivity index is 2.51. The molecule has 106 valence electrons. The Morgan fingerprint density at radius 3 is 2.44 bits per heavy atom. The maximum atomic E-state index is 6.02. The summed E-state index contributed by atoms with van der Waals surface area (Å²) >= 11 is 0. The lowest BCUT2D eigenvalue weighted by Gasteiger charge is -2.45. The molecule has 0 aromatic heterocycles. The highest BCUT2D eigenvalue weighted by Crippen LogP contribution is 2.43. The topological polar surface area (TPSA) is 38.0 Å². The molecule has 0 aliphatic heterocycles. The highest BCUT2D eigenvalue weighted by Gasteiger charge is 2.38. The average Bonchev–Trinajstić information content (AvgIpc) is 2.39. The smallest absolute Gasteiger partial charge is 0.0304 e. The van der Waals surface area contributed by atoms with E-state index in [1.165, 1.54) is 32.1 Å². The van der Waals surface area contributed by atoms with Crippen molar-refractivity contribution in [3.63, 3.8) is 0 Å². The molecule has 2 heteroatoms. The van der Waals surface area contributed by atoms with E-state index in [0.717, 1.165) is 25.4 Å². The molecule has 1 aliphatic rings. The quantitative estimate of drug-likeness (QED) is 0.538. The van der Waals surface area contributed by atoms with E-state index in [0.29, 0.717) is 5.41 Å². The lowest BCUT2D eigenvalue weighted by molar-refractivity contribution is 0.102. The first-order valence-corrected chi connectivity index (χ1v) is 7.55. The number of hydrogen-bond donors (Lipinski definition) is 2. The molecule has 0 heterocycles. The third-order valence-corrected chi connectivity index (χ3v) is 5.20. The van der Waals surface area contributed by atoms with E-state index in [1.54, 1.807) is 0 Å². The lowest BCUT2D eigenvalue weighted by Crippen LogP contribution is -2.54. The van der Waals surface area contributed by atoms with E-state index in [1.807, 2.05) is 6.08 Å². The van der Waals surface area contributed by atoms with Crippen LogP contribution in [-0.2, 0) is 0 Å². The van der Waals surface area contributed by atoms with Crippen LogP contribution in [0, 0.1) is 11.3 Å². The van der Waals surface area contributed by atoms with Crippen LogP contribution >= 0.6 is 0 Å². The van der Waals surface area contributed by atoms with Crippen LogP contribution in [0.4, 0.5) is 0 Å². The van der Waals surface area contributed by atoms with Gasteiger partial charge >= 0.3 is 0 Å². The molecule has 0 spiro atoms. The van der Waals surface area contributed by atoms with Gasteiger partial charge in [0.15, 0.2) is 0 Å². The Hall–Kier alpha value is -0.340. The van der Waals surface area contributed by atoms with Crippen LogP contribution < -0.4 is 11.1 Å². The third-order valence-electron chi connectivity index (χ3n) is 5.20. The minimum atomic E-state index is 0.198. The van der Waals surface area contributed by atoms with Crippen LogP contribution in [0.3, 0.4) is 0 Å². The van der Waals surface area contributed by atoms with Gasteiger partial charge in [-0.2, -0.15) is 0 Å². The van der Waals surface area contributed by atoms with Gasteiger partial charge < -0.3 is 11.1 Å². The second-order valence-corrected chi connectivity index (χ2v) is 6.60. The summed E-state index contributed by atoms with van der Waals surface area (Å²) in [6.07, 6.45) is 9.38. The van der Waals surface area contributed by atoms with Crippen molar-refractivity contribution in [3.05, 3.63) is 12.7 Å². The zero-order valence-corrected chi connectivity index (χ0v) is 12.6. The van der Waals surface area contributed by atoms with Crippen molar-refractivity contribution in [1.82, 2.24) is 5.32 Å². The Bertz CT molecular complexity index is 250. The van der Waals surface area contributed by atoms with E-state index in [-0.39, 0.29) is 5.54 Å². The van der Waals surface area contributed by atoms with Gasteiger partial charge in [-0.05, 0) is 50.0 Å². The van der Waals surface area contributed by atoms with Gasteiger partial charge in [0, 0.05) is 12.1 Å². The predicted molar refractivity (Wildman–Crippen MR) is 80.6 cm³/mol. The zero-order valence-electron chi connectivity index (χ0n) is 12.6. The van der Waals surface area contributed by atoms with Crippen molar-refractivity contribution in [2.45, 2.75) is 64.8 Å². The van der Waals surface area contributed by atoms with Crippen molar-refractivity contribution in [1.29, 1.82) is 0 Å². The molecule has 0 saturated heterocycles. The number of nitrogens with two attached hydrogens (primary N) is 1. The van der Waals surface area contributed by atoms with Crippen molar-refractivity contribution < 1.29 is 0 Å². The molecule has 1 rings (SSSR count). The highest BCUT2D eigenvalue weighted by molar-refractivity contribution is 4.96. The number of hydrogen-bond acceptors (Lipinski definition) is 2. The van der Waals surface area contributed by atoms with Crippen LogP contribution in [0.2, 0.25) is 0 Å². The van der Waals surface area contributed by atoms with E-state index in [4.69, 9.17) is 5.73 Å². The monoisotopic (exact) mass is 252 g/mol. The Morgan fingerprint density at radius 1 is 1.39 bits per heavy atom. The highest BCUT2D eigenvalue weighted by atomic mass is 15.0. The largest absolute Gasteiger partial charge is 0.329 e. The summed E-state index contributed by atoms with van der Waals surface area (Å²) in [6.45, 7) is 12.7. The Labute approximate surface area is 113 Å². The van der Waals surface area contributed by atoms with Gasteiger partial charge in [-0.3, -0.25) is 0 Å². The fraction of sp³-hybridized carbons (Fsp3) is 0.875. The average molecular weight is 252 g/mol. The second-order valence-electron chi connectivity index (χ2n) is 6.60. The molecule has 2 nitrogen and oxygen atoms in total. The number of rotatable bonds is 7. The summed E-state index contributed by atoms with van der Waals surface area (Å²) in [5.74, 6) is 0.864. The molecule has 0 unspecified atom stereocenters. The maximum Gasteiger partial charge on any atom is 0.0304 e. The van der Waals surface area contributed by atoms with Gasteiger partial charge in [-0.25, -0.2) is 0 Å². The lowest BCUT2D eigenvalue weighted by atomic mass is 9.65. The Morgan fingerprint density at radius 2 is 2.00 bits per heavy atom. The standard InChI is InChI=1S/C16H32N2/c1-5-7-12-18-16(13-17)10-8-14(9-11-16)15(3,4)6-2/h5,14,18H,1,6-13,17H2,2-4H3. The molecule has 3 N–H and O–H groups in total. The number of nitrogens with one attached hydrogen (secondary N) is 1. The molecular weight excluding hydrogens is 220 g/mol. The molecule has 0 bridgehead atoms. The van der Waals surface area contributed by atoms with Crippen LogP contribution in [0.5, 0.6) is 0 Å². The Kier molecular flexibility index (Phi) is 5.87. The van der Waals surface area contributed by atoms with Gasteiger partial charge in [0.1, 0.15) is 0 Å². The van der Waals surface area contributed by atoms with Crippen LogP contribution in [0.25, 0.3) is 0 Å². The molecule has 0 aromatic carbocycles. The van der Waals surface area contributed by atoms with Gasteiger partial charge in [-0.15, -0.1) is 6.58 Å². The molecule has 1 saturated carbocycles. The SMILES string of the molecule is C=CCCNC1(CN)CCC(C(C)(C)CC)CC1. The third kappa shape index (κ3) is 3.83. The fourth-order valence-corrected chi connectivity index (χ4v) is 3.13. The molecule has 1 aliphatic carbocycles. The molecule has 0 amide bonds. The first kappa shape index (κ1) is 15.7. The maximum absolute atomic E-state index is 6.02. The normalized spacial score (nSPS) is 29.2. The zero-order chi connectivity index (χ0) is 13.6. The van der Waals surface area contributed by atoms with Crippen LogP contribution in [0.1, 0.15) is 59.3 Å². The summed E-state index contributed by atoms with van der Waals surface area (Å²) in [7, 11) is 0. The summed E-state index contributed by atoms with van der Waals surface area (Å²) in [6, 6.07) is 0. The van der Waals surface area contributed by atoms with Crippen molar-refractivity contribution >= 4 is 0 Å². The molecule has 0 aromatic rings. The summed E-state index contributed by atoms with van der Waals surface area (Å²) in [4.78, 5) is 0. The van der Waals surface area contributed by atoms with Crippen molar-refractivity contribution in [2.24, 2.45) is 17.1 Å². The van der Waals surface area contributed by atoms with Gasteiger partial charge in [0.2, 0.25) is 0 Å². The minimum absolute atomic E-state index is 0.198. The first-order chi connectivity index (χ1) is 8.49. The van der Waals surface area contributed by atoms with Gasteiger partial charge in [0.25, 0.3) is 0 Å². The van der Waals surface area contributed by atoms with E-state index in [9.17, 15) is 0 Å². The molecule has 0 radical (unpaired) electrons. The van der Waals surface area contributed by atoms with E-state index < -0.39 is 0 Å². The molecule has 1 fully saturated rings.